The zero-order chi connectivity index (χ0) is 24.0. The van der Waals surface area contributed by atoms with Crippen LogP contribution in [-0.2, 0) is 10.0 Å². The maximum absolute atomic E-state index is 12.9. The fraction of sp³-hybridized carbons (Fsp3) is 0.417. The molecular formula is C24H31N3O4S2. The van der Waals surface area contributed by atoms with Crippen molar-refractivity contribution in [2.24, 2.45) is 5.92 Å². The first-order chi connectivity index (χ1) is 15.7. The lowest BCUT2D eigenvalue weighted by atomic mass is 10.0. The van der Waals surface area contributed by atoms with Crippen molar-refractivity contribution in [1.29, 1.82) is 0 Å². The van der Waals surface area contributed by atoms with E-state index in [9.17, 15) is 13.2 Å². The molecular weight excluding hydrogens is 458 g/mol. The van der Waals surface area contributed by atoms with E-state index < -0.39 is 10.0 Å². The van der Waals surface area contributed by atoms with Crippen LogP contribution in [0, 0.1) is 5.92 Å². The summed E-state index contributed by atoms with van der Waals surface area (Å²) in [5.41, 5.74) is 1.01. The minimum atomic E-state index is -3.51. The highest BCUT2D eigenvalue weighted by Crippen LogP contribution is 2.24. The Hall–Kier alpha value is -2.49. The van der Waals surface area contributed by atoms with Crippen molar-refractivity contribution in [1.82, 2.24) is 9.62 Å². The van der Waals surface area contributed by atoms with Crippen molar-refractivity contribution in [3.05, 3.63) is 54.1 Å². The Kier molecular flexibility index (Phi) is 8.45. The number of nitrogens with zero attached hydrogens (tertiary/aromatic N) is 1. The molecule has 0 spiro atoms. The third kappa shape index (κ3) is 6.75. The zero-order valence-electron chi connectivity index (χ0n) is 19.2. The molecule has 2 aromatic rings. The Bertz CT molecular complexity index is 1080. The average molecular weight is 490 g/mol. The molecule has 3 rings (SSSR count). The van der Waals surface area contributed by atoms with Gasteiger partial charge in [0.2, 0.25) is 10.0 Å². The highest BCUT2D eigenvalue weighted by atomic mass is 32.2. The summed E-state index contributed by atoms with van der Waals surface area (Å²) in [6.45, 7) is 7.23. The molecule has 0 aromatic heterocycles. The summed E-state index contributed by atoms with van der Waals surface area (Å²) in [5, 5.41) is 5.68. The molecule has 178 valence electrons. The Morgan fingerprint density at radius 2 is 1.85 bits per heavy atom. The van der Waals surface area contributed by atoms with Gasteiger partial charge in [-0.15, -0.1) is 0 Å². The van der Waals surface area contributed by atoms with Crippen LogP contribution >= 0.6 is 12.2 Å². The third-order valence-corrected chi connectivity index (χ3v) is 7.85. The van der Waals surface area contributed by atoms with Gasteiger partial charge in [0.05, 0.1) is 11.0 Å². The van der Waals surface area contributed by atoms with Gasteiger partial charge in [-0.05, 0) is 86.8 Å². The van der Waals surface area contributed by atoms with Crippen molar-refractivity contribution in [2.45, 2.75) is 51.0 Å². The van der Waals surface area contributed by atoms with Gasteiger partial charge < -0.3 is 10.1 Å². The van der Waals surface area contributed by atoms with E-state index in [2.05, 4.69) is 17.6 Å². The second kappa shape index (κ2) is 11.1. The van der Waals surface area contributed by atoms with Gasteiger partial charge in [-0.2, -0.15) is 4.31 Å². The summed E-state index contributed by atoms with van der Waals surface area (Å²) in [7, 11) is -3.51. The largest absolute Gasteiger partial charge is 0.491 e. The molecule has 0 bridgehead atoms. The molecule has 7 nitrogen and oxygen atoms in total. The predicted octanol–water partition coefficient (Wildman–Crippen LogP) is 4.41. The Morgan fingerprint density at radius 1 is 1.18 bits per heavy atom. The molecule has 0 saturated carbocycles. The molecule has 1 heterocycles. The monoisotopic (exact) mass is 489 g/mol. The minimum absolute atomic E-state index is 0.0521. The van der Waals surface area contributed by atoms with Crippen LogP contribution < -0.4 is 15.4 Å². The van der Waals surface area contributed by atoms with Gasteiger partial charge in [0, 0.05) is 24.3 Å². The van der Waals surface area contributed by atoms with Gasteiger partial charge in [-0.3, -0.25) is 10.1 Å². The average Bonchev–Trinajstić information content (AvgIpc) is 2.79. The smallest absolute Gasteiger partial charge is 0.257 e. The van der Waals surface area contributed by atoms with Gasteiger partial charge in [-0.25, -0.2) is 8.42 Å². The van der Waals surface area contributed by atoms with Gasteiger partial charge in [0.15, 0.2) is 5.11 Å². The summed E-state index contributed by atoms with van der Waals surface area (Å²) in [6.07, 6.45) is 2.66. The highest BCUT2D eigenvalue weighted by molar-refractivity contribution is 7.89. The van der Waals surface area contributed by atoms with Crippen molar-refractivity contribution in [2.75, 3.05) is 18.4 Å². The normalized spacial score (nSPS) is 16.1. The lowest BCUT2D eigenvalue weighted by Crippen LogP contribution is -2.37. The number of piperidine rings is 1. The molecule has 1 fully saturated rings. The van der Waals surface area contributed by atoms with Crippen LogP contribution in [-0.4, -0.2) is 42.9 Å². The van der Waals surface area contributed by atoms with Crippen molar-refractivity contribution >= 4 is 38.9 Å². The third-order valence-electron chi connectivity index (χ3n) is 5.73. The maximum atomic E-state index is 12.9. The standard InChI is InChI=1S/C24H31N3O4S2/c1-4-18(3)31-21-7-5-6-19(16-21)23(28)26-24(32)25-20-8-10-22(11-9-20)33(29,30)27-14-12-17(2)13-15-27/h5-11,16-18H,4,12-15H2,1-3H3,(H2,25,26,28,32). The predicted molar refractivity (Wildman–Crippen MR) is 134 cm³/mol. The summed E-state index contributed by atoms with van der Waals surface area (Å²) in [4.78, 5) is 12.8. The number of benzene rings is 2. The number of nitrogens with one attached hydrogen (secondary N) is 2. The Balaban J connectivity index is 1.58. The van der Waals surface area contributed by atoms with Crippen LogP contribution in [0.5, 0.6) is 5.75 Å². The molecule has 2 N–H and O–H groups in total. The highest BCUT2D eigenvalue weighted by Gasteiger charge is 2.27. The van der Waals surface area contributed by atoms with Crippen molar-refractivity contribution < 1.29 is 17.9 Å². The SMILES string of the molecule is CCC(C)Oc1cccc(C(=O)NC(=S)Nc2ccc(S(=O)(=O)N3CCC(C)CC3)cc2)c1. The van der Waals surface area contributed by atoms with Crippen LogP contribution in [0.25, 0.3) is 0 Å². The molecule has 1 saturated heterocycles. The van der Waals surface area contributed by atoms with Crippen molar-refractivity contribution in [3.8, 4) is 5.75 Å². The number of amides is 1. The van der Waals surface area contributed by atoms with Crippen molar-refractivity contribution in [3.63, 3.8) is 0 Å². The van der Waals surface area contributed by atoms with Crippen LogP contribution in [0.2, 0.25) is 0 Å². The van der Waals surface area contributed by atoms with Crippen LogP contribution in [0.4, 0.5) is 5.69 Å². The molecule has 9 heteroatoms. The lowest BCUT2D eigenvalue weighted by Gasteiger charge is -2.29. The van der Waals surface area contributed by atoms with E-state index in [0.29, 0.717) is 36.0 Å². The second-order valence-corrected chi connectivity index (χ2v) is 10.7. The number of sulfonamides is 1. The van der Waals surface area contributed by atoms with E-state index in [1.165, 1.54) is 0 Å². The number of rotatable bonds is 7. The molecule has 0 aliphatic carbocycles. The fourth-order valence-electron chi connectivity index (χ4n) is 3.45. The van der Waals surface area contributed by atoms with Gasteiger partial charge in [0.1, 0.15) is 5.75 Å². The number of ether oxygens (including phenoxy) is 1. The van der Waals surface area contributed by atoms with E-state index in [1.54, 1.807) is 52.8 Å². The van der Waals surface area contributed by atoms with Gasteiger partial charge in [0.25, 0.3) is 5.91 Å². The van der Waals surface area contributed by atoms with E-state index in [-0.39, 0.29) is 22.0 Å². The molecule has 1 atom stereocenters. The molecule has 33 heavy (non-hydrogen) atoms. The maximum Gasteiger partial charge on any atom is 0.257 e. The van der Waals surface area contributed by atoms with Crippen LogP contribution in [0.15, 0.2) is 53.4 Å². The number of carbonyl (C=O) groups excluding carboxylic acids is 1. The number of hydrogen-bond acceptors (Lipinski definition) is 5. The first-order valence-electron chi connectivity index (χ1n) is 11.2. The summed E-state index contributed by atoms with van der Waals surface area (Å²) < 4.78 is 33.0. The van der Waals surface area contributed by atoms with Gasteiger partial charge in [-0.1, -0.05) is 19.9 Å². The van der Waals surface area contributed by atoms with Crippen LogP contribution in [0.3, 0.4) is 0 Å². The van der Waals surface area contributed by atoms with E-state index >= 15 is 0 Å². The minimum Gasteiger partial charge on any atom is -0.491 e. The van der Waals surface area contributed by atoms with Crippen LogP contribution in [0.1, 0.15) is 50.4 Å². The summed E-state index contributed by atoms with van der Waals surface area (Å²) in [6, 6.07) is 13.3. The first-order valence-corrected chi connectivity index (χ1v) is 13.0. The molecule has 0 radical (unpaired) electrons. The lowest BCUT2D eigenvalue weighted by molar-refractivity contribution is 0.0977. The zero-order valence-corrected chi connectivity index (χ0v) is 20.8. The molecule has 2 aromatic carbocycles. The number of anilines is 1. The quantitative estimate of drug-likeness (QED) is 0.560. The molecule has 1 aliphatic rings. The second-order valence-electron chi connectivity index (χ2n) is 8.38. The number of hydrogen-bond donors (Lipinski definition) is 2. The molecule has 1 unspecified atom stereocenters. The Morgan fingerprint density at radius 3 is 2.48 bits per heavy atom. The van der Waals surface area contributed by atoms with E-state index in [0.717, 1.165) is 19.3 Å². The molecule has 1 amide bonds. The topological polar surface area (TPSA) is 87.7 Å². The van der Waals surface area contributed by atoms with E-state index in [4.69, 9.17) is 17.0 Å². The van der Waals surface area contributed by atoms with E-state index in [1.807, 2.05) is 13.8 Å². The Labute approximate surface area is 201 Å². The number of thiocarbonyl (C=S) groups is 1. The fourth-order valence-corrected chi connectivity index (χ4v) is 5.13. The summed E-state index contributed by atoms with van der Waals surface area (Å²) >= 11 is 5.25. The summed E-state index contributed by atoms with van der Waals surface area (Å²) in [5.74, 6) is 0.811. The van der Waals surface area contributed by atoms with Gasteiger partial charge >= 0.3 is 0 Å². The first kappa shape index (κ1) is 25.1. The molecule has 1 aliphatic heterocycles. The number of carbonyl (C=O) groups is 1.